The third-order valence-electron chi connectivity index (χ3n) is 5.14. The molecule has 1 aliphatic heterocycles. The van der Waals surface area contributed by atoms with Crippen LogP contribution in [0.1, 0.15) is 37.1 Å². The maximum Gasteiger partial charge on any atom is 0.407 e. The summed E-state index contributed by atoms with van der Waals surface area (Å²) in [6.07, 6.45) is 2.75. The van der Waals surface area contributed by atoms with Crippen LogP contribution in [0.3, 0.4) is 0 Å². The number of carbonyl (C=O) groups is 1. The number of aromatic nitrogens is 1. The minimum atomic E-state index is -0.808. The highest BCUT2D eigenvalue weighted by atomic mass is 16.4. The number of benzene rings is 1. The van der Waals surface area contributed by atoms with Crippen LogP contribution < -0.4 is 0 Å². The zero-order chi connectivity index (χ0) is 19.2. The van der Waals surface area contributed by atoms with Crippen LogP contribution in [0.25, 0.3) is 0 Å². The lowest BCUT2D eigenvalue weighted by atomic mass is 10.0. The Labute approximate surface area is 161 Å². The molecule has 1 amide bonds. The van der Waals surface area contributed by atoms with Gasteiger partial charge in [-0.05, 0) is 35.6 Å². The van der Waals surface area contributed by atoms with E-state index in [4.69, 9.17) is 0 Å². The van der Waals surface area contributed by atoms with E-state index in [0.717, 1.165) is 31.6 Å². The van der Waals surface area contributed by atoms with Crippen molar-refractivity contribution >= 4 is 6.09 Å². The summed E-state index contributed by atoms with van der Waals surface area (Å²) in [5.74, 6) is 0.534. The second-order valence-corrected chi connectivity index (χ2v) is 7.76. The van der Waals surface area contributed by atoms with Gasteiger partial charge in [0, 0.05) is 50.5 Å². The second kappa shape index (κ2) is 9.00. The van der Waals surface area contributed by atoms with Crippen molar-refractivity contribution < 1.29 is 9.90 Å². The van der Waals surface area contributed by atoms with Gasteiger partial charge < -0.3 is 10.0 Å². The SMILES string of the molecule is CC(C)CN(Cc1ccccc1Cc1ccccn1)[C@H]1CCN(C(=O)O)C1. The number of rotatable bonds is 7. The van der Waals surface area contributed by atoms with Gasteiger partial charge in [0.1, 0.15) is 0 Å². The van der Waals surface area contributed by atoms with E-state index in [1.54, 1.807) is 0 Å². The highest BCUT2D eigenvalue weighted by molar-refractivity contribution is 5.65. The van der Waals surface area contributed by atoms with Gasteiger partial charge in [-0.2, -0.15) is 0 Å². The summed E-state index contributed by atoms with van der Waals surface area (Å²) >= 11 is 0. The number of pyridine rings is 1. The molecule has 0 saturated carbocycles. The first-order valence-electron chi connectivity index (χ1n) is 9.71. The molecule has 0 unspecified atom stereocenters. The van der Waals surface area contributed by atoms with Gasteiger partial charge in [0.2, 0.25) is 0 Å². The maximum atomic E-state index is 11.3. The third kappa shape index (κ3) is 5.30. The molecule has 5 heteroatoms. The number of likely N-dealkylation sites (tertiary alicyclic amines) is 1. The normalized spacial score (nSPS) is 17.0. The van der Waals surface area contributed by atoms with E-state index in [2.05, 4.69) is 54.1 Å². The van der Waals surface area contributed by atoms with Crippen molar-refractivity contribution in [3.05, 3.63) is 65.5 Å². The fourth-order valence-electron chi connectivity index (χ4n) is 3.83. The molecule has 1 aromatic carbocycles. The molecule has 2 aromatic rings. The fourth-order valence-corrected chi connectivity index (χ4v) is 3.83. The van der Waals surface area contributed by atoms with Crippen LogP contribution in [0.4, 0.5) is 4.79 Å². The average Bonchev–Trinajstić information content (AvgIpc) is 3.14. The molecule has 1 aromatic heterocycles. The standard InChI is InChI=1S/C22H29N3O2/c1-17(2)14-25(21-10-12-24(16-21)22(26)27)15-19-8-4-3-7-18(19)13-20-9-5-6-11-23-20/h3-9,11,17,21H,10,12-16H2,1-2H3,(H,26,27)/t21-/m0/s1. The molecule has 1 fully saturated rings. The molecular weight excluding hydrogens is 338 g/mol. The van der Waals surface area contributed by atoms with Crippen molar-refractivity contribution in [2.75, 3.05) is 19.6 Å². The average molecular weight is 367 g/mol. The van der Waals surface area contributed by atoms with Gasteiger partial charge in [-0.15, -0.1) is 0 Å². The van der Waals surface area contributed by atoms with Crippen molar-refractivity contribution in [3.8, 4) is 0 Å². The van der Waals surface area contributed by atoms with E-state index in [9.17, 15) is 9.90 Å². The van der Waals surface area contributed by atoms with Gasteiger partial charge >= 0.3 is 6.09 Å². The zero-order valence-corrected chi connectivity index (χ0v) is 16.2. The lowest BCUT2D eigenvalue weighted by molar-refractivity contribution is 0.140. The van der Waals surface area contributed by atoms with Crippen LogP contribution in [0.2, 0.25) is 0 Å². The zero-order valence-electron chi connectivity index (χ0n) is 16.2. The molecule has 2 heterocycles. The van der Waals surface area contributed by atoms with E-state index >= 15 is 0 Å². The summed E-state index contributed by atoms with van der Waals surface area (Å²) in [6.45, 7) is 7.48. The van der Waals surface area contributed by atoms with Crippen molar-refractivity contribution in [1.29, 1.82) is 0 Å². The van der Waals surface area contributed by atoms with E-state index in [1.165, 1.54) is 16.0 Å². The Hall–Kier alpha value is -2.40. The van der Waals surface area contributed by atoms with Gasteiger partial charge in [0.25, 0.3) is 0 Å². The van der Waals surface area contributed by atoms with Crippen LogP contribution in [-0.4, -0.2) is 51.7 Å². The Morgan fingerprint density at radius 3 is 2.59 bits per heavy atom. The summed E-state index contributed by atoms with van der Waals surface area (Å²) in [6, 6.07) is 14.8. The van der Waals surface area contributed by atoms with Gasteiger partial charge in [-0.1, -0.05) is 44.2 Å². The van der Waals surface area contributed by atoms with Crippen molar-refractivity contribution in [2.45, 2.75) is 39.3 Å². The molecule has 0 spiro atoms. The lowest BCUT2D eigenvalue weighted by Crippen LogP contribution is -2.40. The summed E-state index contributed by atoms with van der Waals surface area (Å²) in [5, 5.41) is 9.29. The van der Waals surface area contributed by atoms with E-state index < -0.39 is 6.09 Å². The minimum Gasteiger partial charge on any atom is -0.465 e. The molecule has 1 atom stereocenters. The van der Waals surface area contributed by atoms with Gasteiger partial charge in [-0.3, -0.25) is 9.88 Å². The largest absolute Gasteiger partial charge is 0.465 e. The smallest absolute Gasteiger partial charge is 0.407 e. The molecular formula is C22H29N3O2. The van der Waals surface area contributed by atoms with E-state index in [1.807, 2.05) is 18.3 Å². The summed E-state index contributed by atoms with van der Waals surface area (Å²) in [5.41, 5.74) is 3.66. The molecule has 27 heavy (non-hydrogen) atoms. The van der Waals surface area contributed by atoms with Crippen LogP contribution in [0, 0.1) is 5.92 Å². The highest BCUT2D eigenvalue weighted by Crippen LogP contribution is 2.22. The fraction of sp³-hybridized carbons (Fsp3) is 0.455. The first-order chi connectivity index (χ1) is 13.0. The number of hydrogen-bond donors (Lipinski definition) is 1. The first-order valence-corrected chi connectivity index (χ1v) is 9.71. The lowest BCUT2D eigenvalue weighted by Gasteiger charge is -2.31. The van der Waals surface area contributed by atoms with Crippen molar-refractivity contribution in [2.24, 2.45) is 5.92 Å². The topological polar surface area (TPSA) is 56.7 Å². The number of carboxylic acid groups (broad SMARTS) is 1. The molecule has 5 nitrogen and oxygen atoms in total. The molecule has 1 N–H and O–H groups in total. The quantitative estimate of drug-likeness (QED) is 0.807. The Bertz CT molecular complexity index is 748. The van der Waals surface area contributed by atoms with Crippen LogP contribution in [-0.2, 0) is 13.0 Å². The summed E-state index contributed by atoms with van der Waals surface area (Å²) < 4.78 is 0. The second-order valence-electron chi connectivity index (χ2n) is 7.76. The highest BCUT2D eigenvalue weighted by Gasteiger charge is 2.30. The van der Waals surface area contributed by atoms with Crippen molar-refractivity contribution in [3.63, 3.8) is 0 Å². The van der Waals surface area contributed by atoms with E-state index in [0.29, 0.717) is 19.0 Å². The molecule has 144 valence electrons. The monoisotopic (exact) mass is 367 g/mol. The maximum absolute atomic E-state index is 11.3. The summed E-state index contributed by atoms with van der Waals surface area (Å²) in [4.78, 5) is 19.8. The van der Waals surface area contributed by atoms with Gasteiger partial charge in [0.05, 0.1) is 0 Å². The Morgan fingerprint density at radius 2 is 1.96 bits per heavy atom. The Morgan fingerprint density at radius 1 is 1.22 bits per heavy atom. The molecule has 0 bridgehead atoms. The van der Waals surface area contributed by atoms with Crippen LogP contribution in [0.5, 0.6) is 0 Å². The molecule has 1 saturated heterocycles. The predicted molar refractivity (Wildman–Crippen MR) is 107 cm³/mol. The van der Waals surface area contributed by atoms with Crippen LogP contribution >= 0.6 is 0 Å². The molecule has 3 rings (SSSR count). The summed E-state index contributed by atoms with van der Waals surface area (Å²) in [7, 11) is 0. The predicted octanol–water partition coefficient (Wildman–Crippen LogP) is 3.88. The first kappa shape index (κ1) is 19.4. The van der Waals surface area contributed by atoms with Gasteiger partial charge in [0.15, 0.2) is 0 Å². The molecule has 0 radical (unpaired) electrons. The Balaban J connectivity index is 1.77. The van der Waals surface area contributed by atoms with E-state index in [-0.39, 0.29) is 6.04 Å². The van der Waals surface area contributed by atoms with Crippen molar-refractivity contribution in [1.82, 2.24) is 14.8 Å². The third-order valence-corrected chi connectivity index (χ3v) is 5.14. The Kier molecular flexibility index (Phi) is 6.45. The number of nitrogens with zero attached hydrogens (tertiary/aromatic N) is 3. The number of hydrogen-bond acceptors (Lipinski definition) is 3. The number of amides is 1. The molecule has 1 aliphatic rings. The van der Waals surface area contributed by atoms with Crippen LogP contribution in [0.15, 0.2) is 48.7 Å². The van der Waals surface area contributed by atoms with Gasteiger partial charge in [-0.25, -0.2) is 4.79 Å². The minimum absolute atomic E-state index is 0.284. The molecule has 0 aliphatic carbocycles.